The Morgan fingerprint density at radius 3 is 2.56 bits per heavy atom. The molecule has 2 nitrogen and oxygen atoms in total. The molecule has 1 saturated carbocycles. The first-order chi connectivity index (χ1) is 4.29. The largest absolute Gasteiger partial charge is 0.377 e. The average Bonchev–Trinajstić information content (AvgIpc) is 2.48. The average molecular weight is 129 g/mol. The molecule has 0 bridgehead atoms. The summed E-state index contributed by atoms with van der Waals surface area (Å²) in [6, 6.07) is 0. The molecule has 1 rings (SSSR count). The first-order valence-electron chi connectivity index (χ1n) is 3.55. The molecule has 0 saturated heterocycles. The Labute approximate surface area is 56.8 Å². The fraction of sp³-hybridized carbons (Fsp3) is 1.00. The Balaban J connectivity index is 1.81. The zero-order chi connectivity index (χ0) is 6.69. The van der Waals surface area contributed by atoms with E-state index < -0.39 is 0 Å². The van der Waals surface area contributed by atoms with E-state index in [2.05, 4.69) is 19.0 Å². The van der Waals surface area contributed by atoms with Crippen molar-refractivity contribution >= 4 is 0 Å². The van der Waals surface area contributed by atoms with Gasteiger partial charge in [-0.3, -0.25) is 0 Å². The third-order valence-electron chi connectivity index (χ3n) is 1.42. The van der Waals surface area contributed by atoms with Crippen molar-refractivity contribution in [2.75, 3.05) is 27.2 Å². The lowest BCUT2D eigenvalue weighted by molar-refractivity contribution is 0.104. The van der Waals surface area contributed by atoms with Gasteiger partial charge in [-0.1, -0.05) is 0 Å². The van der Waals surface area contributed by atoms with Crippen molar-refractivity contribution in [1.29, 1.82) is 0 Å². The molecule has 1 aliphatic rings. The summed E-state index contributed by atoms with van der Waals surface area (Å²) in [5, 5.41) is 0. The molecule has 1 aliphatic carbocycles. The van der Waals surface area contributed by atoms with E-state index in [1.54, 1.807) is 0 Å². The van der Waals surface area contributed by atoms with Gasteiger partial charge < -0.3 is 9.64 Å². The second-order valence-electron chi connectivity index (χ2n) is 2.87. The van der Waals surface area contributed by atoms with Gasteiger partial charge >= 0.3 is 0 Å². The fourth-order valence-corrected chi connectivity index (χ4v) is 0.637. The summed E-state index contributed by atoms with van der Waals surface area (Å²) < 4.78 is 5.42. The van der Waals surface area contributed by atoms with Gasteiger partial charge in [-0.05, 0) is 26.9 Å². The molecule has 0 N–H and O–H groups in total. The molecule has 0 spiro atoms. The van der Waals surface area contributed by atoms with Crippen LogP contribution in [0.1, 0.15) is 12.8 Å². The van der Waals surface area contributed by atoms with E-state index in [0.717, 1.165) is 13.2 Å². The molecule has 9 heavy (non-hydrogen) atoms. The molecule has 0 aromatic heterocycles. The van der Waals surface area contributed by atoms with E-state index in [1.165, 1.54) is 12.8 Å². The lowest BCUT2D eigenvalue weighted by atomic mass is 10.6. The lowest BCUT2D eigenvalue weighted by Crippen LogP contribution is -2.18. The Bertz CT molecular complexity index is 77.0. The molecule has 0 aromatic rings. The third kappa shape index (κ3) is 3.49. The molecule has 54 valence electrons. The maximum Gasteiger partial charge on any atom is 0.0596 e. The van der Waals surface area contributed by atoms with Crippen LogP contribution in [0.3, 0.4) is 0 Å². The van der Waals surface area contributed by atoms with Gasteiger partial charge in [0.25, 0.3) is 0 Å². The summed E-state index contributed by atoms with van der Waals surface area (Å²) in [6.45, 7) is 1.95. The molecule has 0 radical (unpaired) electrons. The smallest absolute Gasteiger partial charge is 0.0596 e. The van der Waals surface area contributed by atoms with Crippen molar-refractivity contribution in [3.05, 3.63) is 0 Å². The van der Waals surface area contributed by atoms with Crippen LogP contribution in [0.5, 0.6) is 0 Å². The number of rotatable bonds is 4. The predicted octanol–water partition coefficient (Wildman–Crippen LogP) is 0.727. The van der Waals surface area contributed by atoms with E-state index >= 15 is 0 Å². The van der Waals surface area contributed by atoms with Crippen LogP contribution in [-0.2, 0) is 4.74 Å². The summed E-state index contributed by atoms with van der Waals surface area (Å²) >= 11 is 0. The summed E-state index contributed by atoms with van der Waals surface area (Å²) in [7, 11) is 4.13. The molecule has 2 heteroatoms. The highest BCUT2D eigenvalue weighted by molar-refractivity contribution is 4.72. The van der Waals surface area contributed by atoms with Gasteiger partial charge in [-0.25, -0.2) is 0 Å². The Kier molecular flexibility index (Phi) is 2.49. The van der Waals surface area contributed by atoms with Crippen molar-refractivity contribution in [2.45, 2.75) is 18.9 Å². The molecular weight excluding hydrogens is 114 g/mol. The van der Waals surface area contributed by atoms with Gasteiger partial charge in [0.2, 0.25) is 0 Å². The number of ether oxygens (including phenoxy) is 1. The van der Waals surface area contributed by atoms with Crippen molar-refractivity contribution in [1.82, 2.24) is 4.90 Å². The molecule has 0 aliphatic heterocycles. The van der Waals surface area contributed by atoms with Crippen LogP contribution >= 0.6 is 0 Å². The zero-order valence-corrected chi connectivity index (χ0v) is 6.26. The fourth-order valence-electron chi connectivity index (χ4n) is 0.637. The molecule has 0 amide bonds. The van der Waals surface area contributed by atoms with Gasteiger partial charge in [0, 0.05) is 6.54 Å². The van der Waals surface area contributed by atoms with Gasteiger partial charge in [-0.2, -0.15) is 0 Å². The second kappa shape index (κ2) is 3.18. The molecule has 0 heterocycles. The highest BCUT2D eigenvalue weighted by atomic mass is 16.5. The molecule has 0 atom stereocenters. The monoisotopic (exact) mass is 129 g/mol. The van der Waals surface area contributed by atoms with Gasteiger partial charge in [-0.15, -0.1) is 0 Å². The summed E-state index contributed by atoms with van der Waals surface area (Å²) in [5.74, 6) is 0. The molecule has 1 fully saturated rings. The minimum absolute atomic E-state index is 0.616. The minimum Gasteiger partial charge on any atom is -0.377 e. The predicted molar refractivity (Wildman–Crippen MR) is 37.5 cm³/mol. The Morgan fingerprint density at radius 1 is 1.44 bits per heavy atom. The van der Waals surface area contributed by atoms with E-state index in [9.17, 15) is 0 Å². The van der Waals surface area contributed by atoms with Crippen LogP contribution in [0.2, 0.25) is 0 Å². The highest BCUT2D eigenvalue weighted by Gasteiger charge is 2.21. The van der Waals surface area contributed by atoms with Crippen molar-refractivity contribution in [3.63, 3.8) is 0 Å². The molecule has 0 unspecified atom stereocenters. The number of hydrogen-bond donors (Lipinski definition) is 0. The van der Waals surface area contributed by atoms with Gasteiger partial charge in [0.05, 0.1) is 12.7 Å². The van der Waals surface area contributed by atoms with E-state index in [4.69, 9.17) is 4.74 Å². The zero-order valence-electron chi connectivity index (χ0n) is 6.26. The van der Waals surface area contributed by atoms with E-state index in [-0.39, 0.29) is 0 Å². The lowest BCUT2D eigenvalue weighted by Gasteiger charge is -2.08. The number of likely N-dealkylation sites (N-methyl/N-ethyl adjacent to an activating group) is 1. The maximum absolute atomic E-state index is 5.42. The van der Waals surface area contributed by atoms with Crippen LogP contribution in [0.15, 0.2) is 0 Å². The maximum atomic E-state index is 5.42. The second-order valence-corrected chi connectivity index (χ2v) is 2.87. The van der Waals surface area contributed by atoms with Crippen molar-refractivity contribution in [2.24, 2.45) is 0 Å². The van der Waals surface area contributed by atoms with Crippen molar-refractivity contribution in [3.8, 4) is 0 Å². The Morgan fingerprint density at radius 2 is 2.11 bits per heavy atom. The number of hydrogen-bond acceptors (Lipinski definition) is 2. The van der Waals surface area contributed by atoms with Gasteiger partial charge in [0.1, 0.15) is 0 Å². The third-order valence-corrected chi connectivity index (χ3v) is 1.42. The van der Waals surface area contributed by atoms with E-state index in [1.807, 2.05) is 0 Å². The van der Waals surface area contributed by atoms with Crippen LogP contribution in [0, 0.1) is 0 Å². The molecular formula is C7H15NO. The normalized spacial score (nSPS) is 19.0. The molecule has 0 aromatic carbocycles. The van der Waals surface area contributed by atoms with Gasteiger partial charge in [0.15, 0.2) is 0 Å². The number of nitrogens with zero attached hydrogens (tertiary/aromatic N) is 1. The van der Waals surface area contributed by atoms with Crippen LogP contribution in [0.25, 0.3) is 0 Å². The minimum atomic E-state index is 0.616. The Hall–Kier alpha value is -0.0800. The summed E-state index contributed by atoms with van der Waals surface area (Å²) in [6.07, 6.45) is 3.19. The topological polar surface area (TPSA) is 12.5 Å². The van der Waals surface area contributed by atoms with E-state index in [0.29, 0.717) is 6.10 Å². The van der Waals surface area contributed by atoms with Crippen LogP contribution in [-0.4, -0.2) is 38.3 Å². The summed E-state index contributed by atoms with van der Waals surface area (Å²) in [5.41, 5.74) is 0. The standard InChI is InChI=1S/C7H15NO/c1-8(2)5-6-9-7-3-4-7/h7H,3-6H2,1-2H3. The highest BCUT2D eigenvalue weighted by Crippen LogP contribution is 2.22. The first-order valence-corrected chi connectivity index (χ1v) is 3.55. The van der Waals surface area contributed by atoms with Crippen LogP contribution < -0.4 is 0 Å². The SMILES string of the molecule is CN(C)CCOC1CC1. The quantitative estimate of drug-likeness (QED) is 0.554. The first kappa shape index (κ1) is 7.03. The summed E-state index contributed by atoms with van der Waals surface area (Å²) in [4.78, 5) is 2.14. The van der Waals surface area contributed by atoms with Crippen LogP contribution in [0.4, 0.5) is 0 Å². The van der Waals surface area contributed by atoms with Crippen molar-refractivity contribution < 1.29 is 4.74 Å².